The van der Waals surface area contributed by atoms with Crippen LogP contribution in [-0.4, -0.2) is 63.6 Å². The van der Waals surface area contributed by atoms with Crippen molar-refractivity contribution in [3.8, 4) is 0 Å². The second-order valence-electron chi connectivity index (χ2n) is 4.86. The second kappa shape index (κ2) is 7.28. The van der Waals surface area contributed by atoms with Gasteiger partial charge in [-0.05, 0) is 24.3 Å². The summed E-state index contributed by atoms with van der Waals surface area (Å²) in [6, 6.07) is 0.00599. The van der Waals surface area contributed by atoms with Gasteiger partial charge in [0.15, 0.2) is 0 Å². The molecule has 0 saturated carbocycles. The highest BCUT2D eigenvalue weighted by Crippen LogP contribution is 2.21. The predicted octanol–water partition coefficient (Wildman–Crippen LogP) is 1.48. The quantitative estimate of drug-likeness (QED) is 0.826. The number of aliphatic carboxylic acids is 1. The lowest BCUT2D eigenvalue weighted by Gasteiger charge is -2.36. The zero-order chi connectivity index (χ0) is 13.7. The van der Waals surface area contributed by atoms with Crippen molar-refractivity contribution < 1.29 is 14.7 Å². The van der Waals surface area contributed by atoms with E-state index in [2.05, 4.69) is 5.32 Å². The fraction of sp³-hybridized carbons (Fsp3) is 0.833. The third-order valence-corrected chi connectivity index (χ3v) is 5.59. The summed E-state index contributed by atoms with van der Waals surface area (Å²) in [5, 5.41) is 12.0. The monoisotopic (exact) mass is 304 g/mol. The maximum absolute atomic E-state index is 12.3. The molecule has 2 aliphatic heterocycles. The summed E-state index contributed by atoms with van der Waals surface area (Å²) in [5.74, 6) is 2.97. The highest BCUT2D eigenvalue weighted by molar-refractivity contribution is 7.99. The van der Waals surface area contributed by atoms with Crippen LogP contribution in [0, 0.1) is 0 Å². The van der Waals surface area contributed by atoms with Crippen molar-refractivity contribution in [2.45, 2.75) is 31.3 Å². The van der Waals surface area contributed by atoms with Crippen LogP contribution in [0.25, 0.3) is 0 Å². The summed E-state index contributed by atoms with van der Waals surface area (Å²) in [6.07, 6.45) is 2.08. The predicted molar refractivity (Wildman–Crippen MR) is 79.0 cm³/mol. The minimum absolute atomic E-state index is 0.0426. The van der Waals surface area contributed by atoms with E-state index in [1.165, 1.54) is 0 Å². The number of hydrogen-bond donors (Lipinski definition) is 2. The fourth-order valence-corrected chi connectivity index (χ4v) is 4.56. The van der Waals surface area contributed by atoms with Gasteiger partial charge < -0.3 is 15.3 Å². The molecule has 2 fully saturated rings. The first kappa shape index (κ1) is 14.8. The maximum atomic E-state index is 12.3. The Bertz CT molecular complexity index is 335. The first-order chi connectivity index (χ1) is 9.16. The summed E-state index contributed by atoms with van der Waals surface area (Å²) in [5.41, 5.74) is 0. The van der Waals surface area contributed by atoms with E-state index in [0.717, 1.165) is 35.9 Å². The van der Waals surface area contributed by atoms with Gasteiger partial charge >= 0.3 is 12.0 Å². The summed E-state index contributed by atoms with van der Waals surface area (Å²) >= 11 is 3.65. The molecule has 0 spiro atoms. The number of carboxylic acids is 1. The molecule has 1 unspecified atom stereocenters. The van der Waals surface area contributed by atoms with Crippen LogP contribution < -0.4 is 5.32 Å². The van der Waals surface area contributed by atoms with Crippen molar-refractivity contribution in [3.05, 3.63) is 0 Å². The highest BCUT2D eigenvalue weighted by atomic mass is 32.2. The number of nitrogens with zero attached hydrogens (tertiary/aromatic N) is 1. The van der Waals surface area contributed by atoms with Gasteiger partial charge in [-0.25, -0.2) is 4.79 Å². The average Bonchev–Trinajstić information content (AvgIpc) is 2.39. The zero-order valence-corrected chi connectivity index (χ0v) is 12.5. The first-order valence-corrected chi connectivity index (χ1v) is 8.92. The van der Waals surface area contributed by atoms with Crippen LogP contribution >= 0.6 is 23.5 Å². The van der Waals surface area contributed by atoms with E-state index in [1.807, 2.05) is 11.8 Å². The molecule has 2 aliphatic rings. The van der Waals surface area contributed by atoms with Crippen LogP contribution in [-0.2, 0) is 4.79 Å². The number of carboxylic acid groups (broad SMARTS) is 1. The number of thioether (sulfide) groups is 2. The Balaban J connectivity index is 1.88. The molecule has 0 aliphatic carbocycles. The van der Waals surface area contributed by atoms with Crippen LogP contribution in [0.2, 0.25) is 0 Å². The normalized spacial score (nSPS) is 25.1. The largest absolute Gasteiger partial charge is 0.481 e. The van der Waals surface area contributed by atoms with Gasteiger partial charge in [0, 0.05) is 24.1 Å². The molecule has 7 heteroatoms. The standard InChI is InChI=1S/C12H20N2O3S2/c15-11(16)7-10-8-19-6-3-14(10)12(17)13-9-1-4-18-5-2-9/h9-10H,1-8H2,(H,13,17)(H,15,16). The zero-order valence-electron chi connectivity index (χ0n) is 10.8. The van der Waals surface area contributed by atoms with E-state index >= 15 is 0 Å². The molecule has 0 aromatic heterocycles. The smallest absolute Gasteiger partial charge is 0.317 e. The molecule has 0 aromatic carbocycles. The number of nitrogens with one attached hydrogen (secondary N) is 1. The van der Waals surface area contributed by atoms with Crippen LogP contribution in [0.3, 0.4) is 0 Å². The molecular formula is C12H20N2O3S2. The third-order valence-electron chi connectivity index (χ3n) is 3.45. The summed E-state index contributed by atoms with van der Waals surface area (Å²) < 4.78 is 0. The average molecular weight is 304 g/mol. The number of carbonyl (C=O) groups is 2. The Kier molecular flexibility index (Phi) is 5.69. The van der Waals surface area contributed by atoms with Crippen LogP contribution in [0.4, 0.5) is 4.79 Å². The molecule has 19 heavy (non-hydrogen) atoms. The Labute approximate surface area is 121 Å². The minimum Gasteiger partial charge on any atom is -0.481 e. The summed E-state index contributed by atoms with van der Waals surface area (Å²) in [7, 11) is 0. The van der Waals surface area contributed by atoms with Gasteiger partial charge in [-0.1, -0.05) is 0 Å². The van der Waals surface area contributed by atoms with E-state index in [-0.39, 0.29) is 24.5 Å². The lowest BCUT2D eigenvalue weighted by atomic mass is 10.1. The van der Waals surface area contributed by atoms with E-state index in [1.54, 1.807) is 16.7 Å². The van der Waals surface area contributed by atoms with Crippen LogP contribution in [0.5, 0.6) is 0 Å². The summed E-state index contributed by atoms with van der Waals surface area (Å²) in [4.78, 5) is 24.8. The van der Waals surface area contributed by atoms with Gasteiger partial charge in [-0.2, -0.15) is 23.5 Å². The molecule has 0 bridgehead atoms. The molecule has 0 radical (unpaired) electrons. The van der Waals surface area contributed by atoms with Gasteiger partial charge in [0.05, 0.1) is 12.5 Å². The van der Waals surface area contributed by atoms with E-state index in [9.17, 15) is 9.59 Å². The van der Waals surface area contributed by atoms with E-state index in [4.69, 9.17) is 5.11 Å². The van der Waals surface area contributed by atoms with Gasteiger partial charge in [-0.15, -0.1) is 0 Å². The molecular weight excluding hydrogens is 284 g/mol. The molecule has 2 saturated heterocycles. The van der Waals surface area contributed by atoms with Crippen molar-refractivity contribution in [1.29, 1.82) is 0 Å². The maximum Gasteiger partial charge on any atom is 0.317 e. The van der Waals surface area contributed by atoms with Crippen LogP contribution in [0.1, 0.15) is 19.3 Å². The van der Waals surface area contributed by atoms with Crippen molar-refractivity contribution in [2.24, 2.45) is 0 Å². The number of hydrogen-bond acceptors (Lipinski definition) is 4. The van der Waals surface area contributed by atoms with Crippen molar-refractivity contribution in [2.75, 3.05) is 29.6 Å². The van der Waals surface area contributed by atoms with Crippen molar-refractivity contribution in [3.63, 3.8) is 0 Å². The highest BCUT2D eigenvalue weighted by Gasteiger charge is 2.30. The number of amides is 2. The number of carbonyl (C=O) groups excluding carboxylic acids is 1. The second-order valence-corrected chi connectivity index (χ2v) is 7.23. The topological polar surface area (TPSA) is 69.6 Å². The third kappa shape index (κ3) is 4.49. The van der Waals surface area contributed by atoms with Crippen molar-refractivity contribution in [1.82, 2.24) is 10.2 Å². The van der Waals surface area contributed by atoms with Gasteiger partial charge in [0.1, 0.15) is 0 Å². The first-order valence-electron chi connectivity index (χ1n) is 6.61. The number of rotatable bonds is 3. The Morgan fingerprint density at radius 1 is 1.21 bits per heavy atom. The Morgan fingerprint density at radius 3 is 2.63 bits per heavy atom. The SMILES string of the molecule is O=C(O)CC1CSCCN1C(=O)NC1CCSCC1. The van der Waals surface area contributed by atoms with Gasteiger partial charge in [-0.3, -0.25) is 4.79 Å². The molecule has 2 rings (SSSR count). The van der Waals surface area contributed by atoms with Crippen LogP contribution in [0.15, 0.2) is 0 Å². The number of urea groups is 1. The molecule has 1 atom stereocenters. The lowest BCUT2D eigenvalue weighted by Crippen LogP contribution is -2.53. The Morgan fingerprint density at radius 2 is 1.95 bits per heavy atom. The minimum atomic E-state index is -0.834. The molecule has 5 nitrogen and oxygen atoms in total. The molecule has 108 valence electrons. The Hall–Kier alpha value is -0.560. The fourth-order valence-electron chi connectivity index (χ4n) is 2.39. The molecule has 2 amide bonds. The van der Waals surface area contributed by atoms with Gasteiger partial charge in [0.2, 0.25) is 0 Å². The van der Waals surface area contributed by atoms with Gasteiger partial charge in [0.25, 0.3) is 0 Å². The molecule has 0 aromatic rings. The lowest BCUT2D eigenvalue weighted by molar-refractivity contribution is -0.137. The summed E-state index contributed by atoms with van der Waals surface area (Å²) in [6.45, 7) is 0.649. The van der Waals surface area contributed by atoms with E-state index in [0.29, 0.717) is 6.54 Å². The van der Waals surface area contributed by atoms with Crippen molar-refractivity contribution >= 4 is 35.5 Å². The van der Waals surface area contributed by atoms with E-state index < -0.39 is 5.97 Å². The molecule has 2 heterocycles. The molecule has 2 N–H and O–H groups in total.